The second-order valence-corrected chi connectivity index (χ2v) is 17.2. The van der Waals surface area contributed by atoms with Crippen molar-refractivity contribution in [2.45, 2.75) is 69.8 Å². The number of aliphatic hydroxyl groups is 1. The van der Waals surface area contributed by atoms with E-state index in [4.69, 9.17) is 16.3 Å². The molecule has 0 spiro atoms. The van der Waals surface area contributed by atoms with Gasteiger partial charge in [-0.25, -0.2) is 13.1 Å². The quantitative estimate of drug-likeness (QED) is 0.200. The van der Waals surface area contributed by atoms with Gasteiger partial charge in [0.15, 0.2) is 0 Å². The highest BCUT2D eigenvalue weighted by molar-refractivity contribution is 7.90. The molecular weight excluding hydrogens is 694 g/mol. The summed E-state index contributed by atoms with van der Waals surface area (Å²) in [6.45, 7) is 5.11. The Kier molecular flexibility index (Phi) is 10.5. The first-order valence-electron chi connectivity index (χ1n) is 18.3. The maximum Gasteiger partial charge on any atom is 0.264 e. The minimum atomic E-state index is -4.02. The molecule has 0 radical (unpaired) electrons. The highest BCUT2D eigenvalue weighted by Crippen LogP contribution is 2.49. The Morgan fingerprint density at radius 3 is 2.56 bits per heavy atom. The van der Waals surface area contributed by atoms with Crippen molar-refractivity contribution in [3.05, 3.63) is 125 Å². The lowest BCUT2D eigenvalue weighted by Crippen LogP contribution is -2.48. The maximum absolute atomic E-state index is 13.6. The van der Waals surface area contributed by atoms with Crippen molar-refractivity contribution in [3.8, 4) is 16.9 Å². The Morgan fingerprint density at radius 1 is 0.942 bits per heavy atom. The Labute approximate surface area is 311 Å². The number of hydrogen-bond donors (Lipinski definition) is 2. The zero-order chi connectivity index (χ0) is 36.5. The van der Waals surface area contributed by atoms with Gasteiger partial charge in [0.05, 0.1) is 10.9 Å². The summed E-state index contributed by atoms with van der Waals surface area (Å²) in [6, 6.07) is 23.1. The average Bonchev–Trinajstić information content (AvgIpc) is 3.16. The second kappa shape index (κ2) is 15.0. The lowest BCUT2D eigenvalue weighted by atomic mass is 9.62. The predicted octanol–water partition coefficient (Wildman–Crippen LogP) is 8.08. The normalized spacial score (nSPS) is 27.0. The molecule has 8 nitrogen and oxygen atoms in total. The maximum atomic E-state index is 13.6. The highest BCUT2D eigenvalue weighted by Gasteiger charge is 2.47. The van der Waals surface area contributed by atoms with Crippen LogP contribution in [0.4, 0.5) is 5.69 Å². The molecule has 2 N–H and O–H groups in total. The van der Waals surface area contributed by atoms with E-state index < -0.39 is 26.8 Å². The van der Waals surface area contributed by atoms with Crippen LogP contribution < -0.4 is 14.4 Å². The van der Waals surface area contributed by atoms with Gasteiger partial charge in [-0.3, -0.25) is 9.78 Å². The van der Waals surface area contributed by atoms with E-state index in [1.54, 1.807) is 31.3 Å². The number of anilines is 1. The smallest absolute Gasteiger partial charge is 0.264 e. The molecule has 2 bridgehead atoms. The van der Waals surface area contributed by atoms with Crippen LogP contribution in [0, 0.1) is 17.8 Å². The van der Waals surface area contributed by atoms with Crippen LogP contribution in [-0.2, 0) is 28.7 Å². The molecule has 10 heteroatoms. The summed E-state index contributed by atoms with van der Waals surface area (Å²) in [4.78, 5) is 20.4. The molecule has 5 atom stereocenters. The number of pyridine rings is 1. The molecule has 1 aliphatic carbocycles. The molecule has 3 aliphatic rings. The van der Waals surface area contributed by atoms with Crippen molar-refractivity contribution in [1.82, 2.24) is 9.71 Å². The summed E-state index contributed by atoms with van der Waals surface area (Å²) in [6.07, 6.45) is 12.1. The third kappa shape index (κ3) is 7.49. The zero-order valence-corrected chi connectivity index (χ0v) is 31.2. The second-order valence-electron chi connectivity index (χ2n) is 14.7. The number of amides is 1. The van der Waals surface area contributed by atoms with Crippen LogP contribution in [0.2, 0.25) is 5.02 Å². The number of rotatable bonds is 2. The van der Waals surface area contributed by atoms with E-state index in [9.17, 15) is 18.3 Å². The van der Waals surface area contributed by atoms with Gasteiger partial charge < -0.3 is 14.7 Å². The van der Waals surface area contributed by atoms with Gasteiger partial charge in [0.1, 0.15) is 18.0 Å². The van der Waals surface area contributed by atoms with Crippen molar-refractivity contribution >= 4 is 33.2 Å². The van der Waals surface area contributed by atoms with Crippen molar-refractivity contribution < 1.29 is 23.1 Å². The number of allylic oxidation sites excluding steroid dienone is 1. The fourth-order valence-electron chi connectivity index (χ4n) is 7.85. The summed E-state index contributed by atoms with van der Waals surface area (Å²) in [5, 5.41) is 12.7. The molecular formula is C42H46ClN3O5S. The Hall–Kier alpha value is -4.18. The van der Waals surface area contributed by atoms with E-state index in [2.05, 4.69) is 14.6 Å². The van der Waals surface area contributed by atoms with Gasteiger partial charge in [0.25, 0.3) is 5.91 Å². The Balaban J connectivity index is 1.31. The largest absolute Gasteiger partial charge is 0.487 e. The molecule has 1 amide bonds. The van der Waals surface area contributed by atoms with E-state index in [1.807, 2.05) is 79.9 Å². The first kappa shape index (κ1) is 36.2. The Morgan fingerprint density at radius 2 is 1.77 bits per heavy atom. The summed E-state index contributed by atoms with van der Waals surface area (Å²) in [7, 11) is -4.02. The molecule has 2 aliphatic heterocycles. The molecule has 0 saturated heterocycles. The monoisotopic (exact) mass is 739 g/mol. The number of carbonyl (C=O) groups excluding carboxylic acids is 1. The van der Waals surface area contributed by atoms with E-state index >= 15 is 0 Å². The first-order chi connectivity index (χ1) is 25.0. The predicted molar refractivity (Wildman–Crippen MR) is 206 cm³/mol. The van der Waals surface area contributed by atoms with Gasteiger partial charge in [-0.05, 0) is 110 Å². The van der Waals surface area contributed by atoms with Crippen molar-refractivity contribution in [3.63, 3.8) is 0 Å². The lowest BCUT2D eigenvalue weighted by molar-refractivity contribution is -0.0500. The topological polar surface area (TPSA) is 109 Å². The van der Waals surface area contributed by atoms with Crippen LogP contribution in [0.25, 0.3) is 11.1 Å². The highest BCUT2D eigenvalue weighted by atomic mass is 35.5. The number of fused-ring (bicyclic) bond motifs is 3. The molecule has 7 rings (SSSR count). The van der Waals surface area contributed by atoms with Crippen molar-refractivity contribution in [2.75, 3.05) is 18.0 Å². The number of aromatic nitrogens is 1. The SMILES string of the molecule is C[C@@H]1[C@@H](C)C/C=C/[C@](O)(c2cncc(-c3ccccc3)c2)[C@@H]2CC[C@H]2CN2CCCCc3cc(Cl)ccc3COc3ccc(cc32)C(=O)NS1(=O)=O. The molecule has 4 aromatic rings. The number of carbonyl (C=O) groups is 1. The minimum Gasteiger partial charge on any atom is -0.487 e. The number of ether oxygens (including phenoxy) is 1. The fourth-order valence-corrected chi connectivity index (χ4v) is 9.33. The molecule has 0 unspecified atom stereocenters. The van der Waals surface area contributed by atoms with Gasteiger partial charge in [-0.2, -0.15) is 0 Å². The number of aryl methyl sites for hydroxylation is 1. The van der Waals surface area contributed by atoms with Crippen LogP contribution in [0.3, 0.4) is 0 Å². The van der Waals surface area contributed by atoms with Crippen LogP contribution in [0.15, 0.2) is 97.3 Å². The first-order valence-corrected chi connectivity index (χ1v) is 20.2. The number of hydrogen-bond acceptors (Lipinski definition) is 7. The van der Waals surface area contributed by atoms with Crippen LogP contribution in [-0.4, -0.2) is 42.8 Å². The van der Waals surface area contributed by atoms with Crippen LogP contribution >= 0.6 is 11.6 Å². The Bertz CT molecular complexity index is 2070. The minimum absolute atomic E-state index is 0.117. The van der Waals surface area contributed by atoms with E-state index in [0.717, 1.165) is 60.0 Å². The van der Waals surface area contributed by atoms with Gasteiger partial charge in [0.2, 0.25) is 10.0 Å². The van der Waals surface area contributed by atoms with Crippen LogP contribution in [0.5, 0.6) is 5.75 Å². The molecule has 272 valence electrons. The average molecular weight is 740 g/mol. The van der Waals surface area contributed by atoms with Gasteiger partial charge in [0, 0.05) is 53.1 Å². The molecule has 52 heavy (non-hydrogen) atoms. The zero-order valence-electron chi connectivity index (χ0n) is 29.7. The molecule has 3 aromatic carbocycles. The van der Waals surface area contributed by atoms with Crippen molar-refractivity contribution in [2.24, 2.45) is 17.8 Å². The number of nitrogens with zero attached hydrogens (tertiary/aromatic N) is 2. The number of sulfonamides is 1. The van der Waals surface area contributed by atoms with Crippen LogP contribution in [0.1, 0.15) is 73.0 Å². The molecule has 1 fully saturated rings. The third-order valence-corrected chi connectivity index (χ3v) is 13.5. The van der Waals surface area contributed by atoms with Crippen molar-refractivity contribution in [1.29, 1.82) is 0 Å². The lowest BCUT2D eigenvalue weighted by Gasteiger charge is -2.48. The molecule has 1 aromatic heterocycles. The van der Waals surface area contributed by atoms with Gasteiger partial charge in [-0.1, -0.05) is 67.1 Å². The van der Waals surface area contributed by atoms with E-state index in [1.165, 1.54) is 0 Å². The number of halogens is 1. The summed E-state index contributed by atoms with van der Waals surface area (Å²) < 4.78 is 35.9. The standard InChI is InChI=1S/C42H46ClN3O5S/c1-28-9-8-19-42(48,36-21-35(24-44-25-36)30-10-4-3-5-11-30)38-17-14-33(38)26-46-20-7-6-12-31-22-37(43)16-13-34(31)27-51-40-18-15-32(23-39(40)46)41(47)45-52(49,50)29(28)2/h3-5,8,10-11,13,15-16,18-19,21-25,28-29,33,38,48H,6-7,9,12,14,17,20,26-27H2,1-2H3,(H,45,47)/b19-8+/t28-,29+,33-,38+,42-/m0/s1. The summed E-state index contributed by atoms with van der Waals surface area (Å²) in [5.74, 6) is -0.400. The van der Waals surface area contributed by atoms with E-state index in [-0.39, 0.29) is 23.3 Å². The van der Waals surface area contributed by atoms with Gasteiger partial charge >= 0.3 is 0 Å². The third-order valence-electron chi connectivity index (χ3n) is 11.4. The van der Waals surface area contributed by atoms with Gasteiger partial charge in [-0.15, -0.1) is 0 Å². The number of nitrogens with one attached hydrogen (secondary N) is 1. The van der Waals surface area contributed by atoms with E-state index in [0.29, 0.717) is 42.5 Å². The molecule has 1 saturated carbocycles. The summed E-state index contributed by atoms with van der Waals surface area (Å²) >= 11 is 6.38. The molecule has 3 heterocycles. The fraction of sp³-hybridized carbons (Fsp3) is 0.381. The number of benzene rings is 3. The summed E-state index contributed by atoms with van der Waals surface area (Å²) in [5.41, 5.74) is 4.48.